The number of nitrogens with one attached hydrogen (secondary N) is 1. The Balaban J connectivity index is 1.30. The zero-order valence-electron chi connectivity index (χ0n) is 30.9. The lowest BCUT2D eigenvalue weighted by atomic mass is 9.64. The Morgan fingerprint density at radius 2 is 1.27 bits per heavy atom. The van der Waals surface area contributed by atoms with Crippen molar-refractivity contribution < 1.29 is 5.11 Å². The molecule has 10 heteroatoms. The predicted molar refractivity (Wildman–Crippen MR) is 237 cm³/mol. The Labute approximate surface area is 332 Å². The summed E-state index contributed by atoms with van der Waals surface area (Å²) >= 11 is 0. The van der Waals surface area contributed by atoms with Gasteiger partial charge in [-0.05, 0) is 49.4 Å². The fourth-order valence-corrected chi connectivity index (χ4v) is 7.57. The molecular formula is C46H33B4N5O. The van der Waals surface area contributed by atoms with Gasteiger partial charge >= 0.3 is 0 Å². The molecule has 260 valence electrons. The van der Waals surface area contributed by atoms with E-state index < -0.39 is 0 Å². The molecule has 6 nitrogen and oxygen atoms in total. The number of phenolic OH excluding ortho intramolecular Hbond substituents is 1. The number of benzene rings is 6. The molecule has 56 heavy (non-hydrogen) atoms. The molecule has 1 heterocycles. The molecule has 0 bridgehead atoms. The summed E-state index contributed by atoms with van der Waals surface area (Å²) in [7, 11) is 26.6. The number of allylic oxidation sites excluding steroid dienone is 1. The molecule has 0 spiro atoms. The first kappa shape index (κ1) is 36.4. The summed E-state index contributed by atoms with van der Waals surface area (Å²) in [5.74, 6) is 0.807. The van der Waals surface area contributed by atoms with Gasteiger partial charge < -0.3 is 15.0 Å². The van der Waals surface area contributed by atoms with E-state index in [1.54, 1.807) is 0 Å². The van der Waals surface area contributed by atoms with E-state index in [4.69, 9.17) is 41.4 Å². The molecule has 2 N–H and O–H groups in total. The van der Waals surface area contributed by atoms with Crippen molar-refractivity contribution in [3.05, 3.63) is 167 Å². The van der Waals surface area contributed by atoms with Gasteiger partial charge in [0.25, 0.3) is 0 Å². The van der Waals surface area contributed by atoms with Gasteiger partial charge in [0.05, 0.1) is 11.2 Å². The van der Waals surface area contributed by atoms with Crippen molar-refractivity contribution in [1.29, 1.82) is 0 Å². The second kappa shape index (κ2) is 15.3. The molecule has 1 aromatic heterocycles. The highest BCUT2D eigenvalue weighted by atomic mass is 16.3. The van der Waals surface area contributed by atoms with Crippen LogP contribution in [0, 0.1) is 0 Å². The minimum absolute atomic E-state index is 0.00206. The quantitative estimate of drug-likeness (QED) is 0.133. The van der Waals surface area contributed by atoms with Gasteiger partial charge in [-0.15, -0.1) is 10.9 Å². The molecule has 0 unspecified atom stereocenters. The molecular weight excluding hydrogens is 682 g/mol. The van der Waals surface area contributed by atoms with Gasteiger partial charge in [0, 0.05) is 62.9 Å². The number of hydrogen-bond donors (Lipinski definition) is 2. The third-order valence-electron chi connectivity index (χ3n) is 10.3. The fourth-order valence-electron chi connectivity index (χ4n) is 7.57. The lowest BCUT2D eigenvalue weighted by Crippen LogP contribution is -2.48. The number of phenols is 1. The highest BCUT2D eigenvalue weighted by Gasteiger charge is 2.29. The molecule has 0 saturated carbocycles. The Hall–Kier alpha value is -6.53. The maximum atomic E-state index is 10.9. The highest BCUT2D eigenvalue weighted by molar-refractivity contribution is 6.64. The van der Waals surface area contributed by atoms with Crippen molar-refractivity contribution in [3.8, 4) is 22.6 Å². The van der Waals surface area contributed by atoms with Crippen LogP contribution in [-0.2, 0) is 6.42 Å². The van der Waals surface area contributed by atoms with Crippen molar-refractivity contribution in [2.45, 2.75) is 12.8 Å². The third-order valence-corrected chi connectivity index (χ3v) is 10.3. The van der Waals surface area contributed by atoms with Crippen LogP contribution in [0.4, 0.5) is 5.69 Å². The third kappa shape index (κ3) is 6.41. The van der Waals surface area contributed by atoms with Gasteiger partial charge in [-0.25, -0.2) is 15.0 Å². The van der Waals surface area contributed by atoms with Crippen LogP contribution in [0.5, 0.6) is 5.75 Å². The zero-order chi connectivity index (χ0) is 38.9. The first-order valence-corrected chi connectivity index (χ1v) is 18.2. The van der Waals surface area contributed by atoms with Gasteiger partial charge in [0.2, 0.25) is 0 Å². The van der Waals surface area contributed by atoms with Crippen molar-refractivity contribution in [2.75, 3.05) is 7.05 Å². The molecule has 0 aliphatic heterocycles. The summed E-state index contributed by atoms with van der Waals surface area (Å²) in [4.78, 5) is 14.6. The van der Waals surface area contributed by atoms with Crippen LogP contribution in [0.15, 0.2) is 154 Å². The first-order valence-electron chi connectivity index (χ1n) is 18.2. The zero-order valence-corrected chi connectivity index (χ0v) is 30.9. The topological polar surface area (TPSA) is 74.3 Å². The number of aromatic nitrogens is 1. The molecule has 0 atom stereocenters. The van der Waals surface area contributed by atoms with E-state index in [9.17, 15) is 5.11 Å². The van der Waals surface area contributed by atoms with Gasteiger partial charge in [-0.1, -0.05) is 120 Å². The maximum absolute atomic E-state index is 10.9. The Morgan fingerprint density at radius 3 is 1.95 bits per heavy atom. The molecule has 7 aromatic rings. The molecule has 0 amide bonds. The molecule has 6 aromatic carbocycles. The fraction of sp³-hybridized carbons (Fsp3) is 0.0652. The minimum Gasteiger partial charge on any atom is -0.508 e. The van der Waals surface area contributed by atoms with E-state index in [0.29, 0.717) is 22.8 Å². The minimum atomic E-state index is -0.195. The lowest BCUT2D eigenvalue weighted by Gasteiger charge is -2.24. The summed E-state index contributed by atoms with van der Waals surface area (Å²) < 4.78 is 2.31. The van der Waals surface area contributed by atoms with Crippen LogP contribution in [0.2, 0.25) is 0 Å². The highest BCUT2D eigenvalue weighted by Crippen LogP contribution is 2.45. The summed E-state index contributed by atoms with van der Waals surface area (Å²) in [5.41, 5.74) is 11.3. The van der Waals surface area contributed by atoms with E-state index in [1.165, 1.54) is 5.69 Å². The van der Waals surface area contributed by atoms with Gasteiger partial charge in [0.1, 0.15) is 37.1 Å². The Morgan fingerprint density at radius 1 is 0.661 bits per heavy atom. The maximum Gasteiger partial charge on any atom is 0.162 e. The summed E-state index contributed by atoms with van der Waals surface area (Å²) in [6.45, 7) is 3.84. The number of aromatic hydroxyl groups is 1. The predicted octanol–water partition coefficient (Wildman–Crippen LogP) is 5.33. The van der Waals surface area contributed by atoms with Crippen LogP contribution < -0.4 is 27.2 Å². The van der Waals surface area contributed by atoms with Crippen LogP contribution >= 0.6 is 0 Å². The smallest absolute Gasteiger partial charge is 0.162 e. The molecule has 8 rings (SSSR count). The molecule has 8 radical (unpaired) electrons. The van der Waals surface area contributed by atoms with Crippen LogP contribution in [0.25, 0.3) is 33.3 Å². The average Bonchev–Trinajstić information content (AvgIpc) is 3.59. The lowest BCUT2D eigenvalue weighted by molar-refractivity contribution is 0.482. The van der Waals surface area contributed by atoms with E-state index in [2.05, 4.69) is 51.9 Å². The second-order valence-electron chi connectivity index (χ2n) is 13.5. The number of rotatable bonds is 7. The first-order chi connectivity index (χ1) is 27.3. The summed E-state index contributed by atoms with van der Waals surface area (Å²) in [6, 6.07) is 44.2. The van der Waals surface area contributed by atoms with Crippen molar-refractivity contribution >= 4 is 93.8 Å². The van der Waals surface area contributed by atoms with Gasteiger partial charge in [0.15, 0.2) is 11.7 Å². The number of hydrogen-bond acceptors (Lipinski definition) is 3. The Kier molecular flexibility index (Phi) is 9.96. The van der Waals surface area contributed by atoms with E-state index >= 15 is 0 Å². The molecule has 1 aliphatic rings. The average molecular weight is 715 g/mol. The number of aliphatic imine (C=N–C) groups is 3. The number of para-hydroxylation sites is 2. The second-order valence-corrected chi connectivity index (χ2v) is 13.5. The standard InChI is InChI=1S/C46H33B4N5O/c1-51-34-25-26-36-39(32-18-10-12-20-35(32)55(36)30-23-21-27(22-24-30)37-40(47)41(48)42(49)43(50)44(37)56)38(34)31-17-9-11-19-33(31)53-46(29-15-7-4-8-16-29)54-45(52-2)28-13-5-3-6-14-28/h3-24,51,56H,2,25-26H2,1H3. The molecule has 0 saturated heterocycles. The molecule has 0 fully saturated rings. The van der Waals surface area contributed by atoms with Crippen molar-refractivity contribution in [1.82, 2.24) is 9.88 Å². The van der Waals surface area contributed by atoms with E-state index in [-0.39, 0.29) is 27.6 Å². The van der Waals surface area contributed by atoms with Crippen LogP contribution in [0.1, 0.15) is 34.4 Å². The summed E-state index contributed by atoms with van der Waals surface area (Å²) in [6.07, 6.45) is 1.57. The van der Waals surface area contributed by atoms with Crippen molar-refractivity contribution in [3.63, 3.8) is 0 Å². The summed E-state index contributed by atoms with van der Waals surface area (Å²) in [5, 5.41) is 15.6. The number of amidine groups is 2. The molecule has 1 aliphatic carbocycles. The largest absolute Gasteiger partial charge is 0.508 e. The van der Waals surface area contributed by atoms with Crippen LogP contribution in [-0.4, -0.2) is 66.5 Å². The van der Waals surface area contributed by atoms with Crippen LogP contribution in [0.3, 0.4) is 0 Å². The number of nitrogens with zero attached hydrogens (tertiary/aromatic N) is 4. The van der Waals surface area contributed by atoms with Gasteiger partial charge in [-0.3, -0.25) is 0 Å². The van der Waals surface area contributed by atoms with E-state index in [0.717, 1.165) is 68.6 Å². The van der Waals surface area contributed by atoms with Gasteiger partial charge in [-0.2, -0.15) is 0 Å². The Bertz CT molecular complexity index is 2710. The normalized spacial score (nSPS) is 13.2. The van der Waals surface area contributed by atoms with E-state index in [1.807, 2.05) is 110 Å². The number of fused-ring (bicyclic) bond motifs is 3. The van der Waals surface area contributed by atoms with Crippen molar-refractivity contribution in [2.24, 2.45) is 15.0 Å². The monoisotopic (exact) mass is 715 g/mol. The SMILES string of the molecule is [B]c1c([B])c([B])c(-c2ccc(-n3c4c(c5ccccc53)C(c3ccccc3N=C(N=C(N=C)c3ccccc3)c3ccccc3)=C(NC)CC4)cc2)c(O)c1[B].